The number of ether oxygens (including phenoxy) is 1. The minimum absolute atomic E-state index is 0.141. The van der Waals surface area contributed by atoms with E-state index in [-0.39, 0.29) is 31.5 Å². The van der Waals surface area contributed by atoms with Gasteiger partial charge in [-0.05, 0) is 32.0 Å². The lowest BCUT2D eigenvalue weighted by atomic mass is 9.64. The third kappa shape index (κ3) is 15.8. The molecule has 1 atom stereocenters. The monoisotopic (exact) mass is 587 g/mol. The maximum Gasteiger partial charge on any atom is 0.243 e. The van der Waals surface area contributed by atoms with Gasteiger partial charge in [-0.15, -0.1) is 0 Å². The predicted octanol–water partition coefficient (Wildman–Crippen LogP) is -4.40. The molecule has 0 saturated carbocycles. The van der Waals surface area contributed by atoms with Crippen LogP contribution in [0, 0.1) is 0 Å². The number of hydrogen-bond donors (Lipinski definition) is 7. The average Bonchev–Trinajstić information content (AvgIpc) is 2.97. The summed E-state index contributed by atoms with van der Waals surface area (Å²) >= 11 is 0. The molecule has 1 aromatic rings. The van der Waals surface area contributed by atoms with Gasteiger partial charge in [0, 0.05) is 19.9 Å². The van der Waals surface area contributed by atoms with Gasteiger partial charge in [0.2, 0.25) is 35.4 Å². The molecule has 1 rings (SSSR count). The largest absolute Gasteiger partial charge is 0.363 e. The first-order chi connectivity index (χ1) is 20.0. The Labute approximate surface area is 248 Å². The number of rotatable bonds is 20. The lowest BCUT2D eigenvalue weighted by Crippen LogP contribution is -2.53. The highest BCUT2D eigenvalue weighted by atomic mass is 16.5. The van der Waals surface area contributed by atoms with Crippen LogP contribution >= 0.6 is 0 Å². The van der Waals surface area contributed by atoms with Crippen molar-refractivity contribution >= 4 is 51.1 Å². The summed E-state index contributed by atoms with van der Waals surface area (Å²) in [5, 5.41) is 16.8. The Morgan fingerprint density at radius 1 is 0.786 bits per heavy atom. The van der Waals surface area contributed by atoms with E-state index in [2.05, 4.69) is 37.2 Å². The smallest absolute Gasteiger partial charge is 0.243 e. The van der Waals surface area contributed by atoms with Gasteiger partial charge in [-0.2, -0.15) is 0 Å². The summed E-state index contributed by atoms with van der Waals surface area (Å²) in [6.07, 6.45) is 3.03. The zero-order valence-electron chi connectivity index (χ0n) is 24.9. The maximum atomic E-state index is 12.9. The zero-order valence-corrected chi connectivity index (χ0v) is 24.9. The second-order valence-corrected chi connectivity index (χ2v) is 9.97. The van der Waals surface area contributed by atoms with Crippen molar-refractivity contribution in [3.8, 4) is 0 Å². The number of benzene rings is 1. The molecule has 7 N–H and O–H groups in total. The van der Waals surface area contributed by atoms with Gasteiger partial charge < -0.3 is 42.0 Å². The topological polar surface area (TPSA) is 196 Å². The molecule has 0 bridgehead atoms. The molecule has 0 aliphatic rings. The van der Waals surface area contributed by atoms with Crippen molar-refractivity contribution < 1.29 is 33.5 Å². The van der Waals surface area contributed by atoms with Gasteiger partial charge in [0.1, 0.15) is 28.5 Å². The molecule has 0 unspecified atom stereocenters. The Balaban J connectivity index is 2.53. The molecule has 0 fully saturated rings. The van der Waals surface area contributed by atoms with Crippen LogP contribution in [0.4, 0.5) is 0 Å². The standard InChI is InChI=1S/C26H43B2N7O7/c1-29-12-8-4-7-11-20(36)31-14-21(37)32-16-23(39)35-19(13-18-9-5-3-6-10-18)24(40)33-15-22(38)34-17-42-26(27,28)25(41)30-2/h3,5-6,9-10,19,29H,4,7-8,11-17,27-28H2,1-2H3,(H,30,41)(H,31,36)(H,32,37)(H,33,40)(H,34,38)(H,35,39)/t19-/m0/s1. The molecule has 42 heavy (non-hydrogen) atoms. The number of carbonyl (C=O) groups is 6. The summed E-state index contributed by atoms with van der Waals surface area (Å²) in [4.78, 5) is 73.3. The number of likely N-dealkylation sites (N-methyl/N-ethyl adjacent to an activating group) is 1. The van der Waals surface area contributed by atoms with E-state index in [9.17, 15) is 28.8 Å². The molecule has 14 nitrogen and oxygen atoms in total. The lowest BCUT2D eigenvalue weighted by Gasteiger charge is -2.24. The van der Waals surface area contributed by atoms with Gasteiger partial charge in [0.25, 0.3) is 0 Å². The van der Waals surface area contributed by atoms with E-state index in [4.69, 9.17) is 4.74 Å². The first-order valence-electron chi connectivity index (χ1n) is 13.9. The van der Waals surface area contributed by atoms with Gasteiger partial charge in [-0.3, -0.25) is 28.8 Å². The van der Waals surface area contributed by atoms with E-state index >= 15 is 0 Å². The molecular weight excluding hydrogens is 544 g/mol. The van der Waals surface area contributed by atoms with Crippen molar-refractivity contribution in [1.29, 1.82) is 0 Å². The second-order valence-electron chi connectivity index (χ2n) is 9.97. The summed E-state index contributed by atoms with van der Waals surface area (Å²) in [7, 11) is 6.42. The van der Waals surface area contributed by atoms with Crippen LogP contribution in [0.1, 0.15) is 31.2 Å². The third-order valence-corrected chi connectivity index (χ3v) is 6.06. The highest BCUT2D eigenvalue weighted by Gasteiger charge is 2.27. The summed E-state index contributed by atoms with van der Waals surface area (Å²) in [6, 6.07) is 7.93. The van der Waals surface area contributed by atoms with Crippen LogP contribution in [0.25, 0.3) is 0 Å². The van der Waals surface area contributed by atoms with Crippen LogP contribution in [-0.4, -0.2) is 110 Å². The van der Waals surface area contributed by atoms with E-state index in [0.717, 1.165) is 24.9 Å². The average molecular weight is 587 g/mol. The SMILES string of the molecule is BC(B)(OCNC(=O)CNC(=O)[C@H](Cc1ccccc1)NC(=O)CNC(=O)CNC(=O)CCCCCNC)C(=O)NC. The summed E-state index contributed by atoms with van der Waals surface area (Å²) in [5.41, 5.74) is 0.768. The first-order valence-corrected chi connectivity index (χ1v) is 13.9. The van der Waals surface area contributed by atoms with Crippen molar-refractivity contribution in [2.24, 2.45) is 0 Å². The molecule has 0 radical (unpaired) electrons. The predicted molar refractivity (Wildman–Crippen MR) is 161 cm³/mol. The Morgan fingerprint density at radius 3 is 2.07 bits per heavy atom. The normalized spacial score (nSPS) is 11.5. The molecule has 0 aliphatic heterocycles. The zero-order chi connectivity index (χ0) is 31.4. The summed E-state index contributed by atoms with van der Waals surface area (Å²) in [6.45, 7) is -0.442. The van der Waals surface area contributed by atoms with Crippen LogP contribution in [0.3, 0.4) is 0 Å². The summed E-state index contributed by atoms with van der Waals surface area (Å²) in [5.74, 6) is -2.95. The van der Waals surface area contributed by atoms with E-state index in [1.165, 1.54) is 7.05 Å². The molecule has 0 heterocycles. The molecule has 16 heteroatoms. The Morgan fingerprint density at radius 2 is 1.40 bits per heavy atom. The number of amides is 6. The fourth-order valence-electron chi connectivity index (χ4n) is 3.59. The van der Waals surface area contributed by atoms with Crippen molar-refractivity contribution in [2.75, 3.05) is 47.0 Å². The number of nitrogens with one attached hydrogen (secondary N) is 7. The second kappa shape index (κ2) is 20.0. The van der Waals surface area contributed by atoms with Gasteiger partial charge in [0.15, 0.2) is 0 Å². The van der Waals surface area contributed by atoms with Crippen LogP contribution in [-0.2, 0) is 39.9 Å². The fourth-order valence-corrected chi connectivity index (χ4v) is 3.59. The lowest BCUT2D eigenvalue weighted by molar-refractivity contribution is -0.134. The van der Waals surface area contributed by atoms with Crippen LogP contribution in [0.15, 0.2) is 30.3 Å². The number of hydrogen-bond acceptors (Lipinski definition) is 8. The van der Waals surface area contributed by atoms with Gasteiger partial charge in [-0.1, -0.05) is 36.8 Å². The summed E-state index contributed by atoms with van der Waals surface area (Å²) < 4.78 is 5.37. The highest BCUT2D eigenvalue weighted by molar-refractivity contribution is 6.50. The maximum absolute atomic E-state index is 12.9. The third-order valence-electron chi connectivity index (χ3n) is 6.06. The van der Waals surface area contributed by atoms with Crippen molar-refractivity contribution in [1.82, 2.24) is 37.2 Å². The van der Waals surface area contributed by atoms with Crippen LogP contribution in [0.2, 0.25) is 0 Å². The number of unbranched alkanes of at least 4 members (excludes halogenated alkanes) is 2. The fraction of sp³-hybridized carbons (Fsp3) is 0.538. The van der Waals surface area contributed by atoms with Gasteiger partial charge in [-0.25, -0.2) is 0 Å². The minimum atomic E-state index is -1.16. The molecule has 1 aromatic carbocycles. The number of carbonyl (C=O) groups excluding carboxylic acids is 6. The molecule has 0 saturated heterocycles. The van der Waals surface area contributed by atoms with Crippen LogP contribution in [0.5, 0.6) is 0 Å². The Kier molecular flexibility index (Phi) is 17.2. The van der Waals surface area contributed by atoms with E-state index in [1.54, 1.807) is 40.0 Å². The highest BCUT2D eigenvalue weighted by Crippen LogP contribution is 2.04. The van der Waals surface area contributed by atoms with Crippen molar-refractivity contribution in [2.45, 2.75) is 43.5 Å². The molecule has 0 spiro atoms. The quantitative estimate of drug-likeness (QED) is 0.0451. The molecule has 0 aliphatic carbocycles. The molecule has 0 aromatic heterocycles. The Bertz CT molecular complexity index is 1050. The molecular formula is C26H43B2N7O7. The van der Waals surface area contributed by atoms with Gasteiger partial charge in [0.05, 0.1) is 25.0 Å². The van der Waals surface area contributed by atoms with Crippen molar-refractivity contribution in [3.63, 3.8) is 0 Å². The van der Waals surface area contributed by atoms with Crippen molar-refractivity contribution in [3.05, 3.63) is 35.9 Å². The van der Waals surface area contributed by atoms with E-state index in [1.807, 2.05) is 13.1 Å². The first kappa shape index (κ1) is 36.1. The van der Waals surface area contributed by atoms with Crippen LogP contribution < -0.4 is 37.2 Å². The van der Waals surface area contributed by atoms with E-state index in [0.29, 0.717) is 12.8 Å². The molecule has 6 amide bonds. The minimum Gasteiger partial charge on any atom is -0.363 e. The Hall–Kier alpha value is -3.91. The molecule has 230 valence electrons. The van der Waals surface area contributed by atoms with Gasteiger partial charge >= 0.3 is 0 Å². The van der Waals surface area contributed by atoms with E-state index < -0.39 is 48.2 Å².